The monoisotopic (exact) mass is 261 g/mol. The van der Waals surface area contributed by atoms with Gasteiger partial charge in [-0.1, -0.05) is 0 Å². The van der Waals surface area contributed by atoms with Gasteiger partial charge in [0.2, 0.25) is 5.91 Å². The molecule has 0 aliphatic carbocycles. The number of carbonyl (C=O) groups excluding carboxylic acids is 1. The van der Waals surface area contributed by atoms with Crippen molar-refractivity contribution in [1.29, 1.82) is 0 Å². The molecule has 0 radical (unpaired) electrons. The number of allylic oxidation sites excluding steroid dienone is 1. The van der Waals surface area contributed by atoms with Gasteiger partial charge in [0.25, 0.3) is 10.0 Å². The molecule has 2 N–H and O–H groups in total. The number of benzene rings is 1. The number of hydrogen-bond acceptors (Lipinski definition) is 4. The average Bonchev–Trinajstić information content (AvgIpc) is 2.63. The lowest BCUT2D eigenvalue weighted by Crippen LogP contribution is -2.28. The molecular formula is C11H7N3O3S. The Morgan fingerprint density at radius 3 is 2.78 bits per heavy atom. The van der Waals surface area contributed by atoms with E-state index in [-0.39, 0.29) is 10.9 Å². The van der Waals surface area contributed by atoms with Gasteiger partial charge in [-0.3, -0.25) is 9.79 Å². The minimum atomic E-state index is -3.68. The minimum absolute atomic E-state index is 0.183. The predicted octanol–water partition coefficient (Wildman–Crippen LogP) is -0.871. The number of sulfonamides is 1. The summed E-state index contributed by atoms with van der Waals surface area (Å²) in [5, 5.41) is 1.81. The molecule has 0 saturated heterocycles. The number of nitrogens with two attached hydrogens (primary N) is 1. The summed E-state index contributed by atoms with van der Waals surface area (Å²) in [6, 6.07) is 2.88. The summed E-state index contributed by atoms with van der Waals surface area (Å²) < 4.78 is 26.8. The van der Waals surface area contributed by atoms with Crippen molar-refractivity contribution in [3.8, 4) is 0 Å². The van der Waals surface area contributed by atoms with Crippen LogP contribution in [0.1, 0.15) is 10.4 Å². The number of hydrogen-bond donors (Lipinski definition) is 1. The van der Waals surface area contributed by atoms with Crippen molar-refractivity contribution in [2.75, 3.05) is 0 Å². The van der Waals surface area contributed by atoms with Crippen LogP contribution in [0.4, 0.5) is 5.69 Å². The molecule has 1 aromatic rings. The smallest absolute Gasteiger partial charge is 0.276 e. The van der Waals surface area contributed by atoms with E-state index in [2.05, 4.69) is 9.39 Å². The number of carbonyl (C=O) groups is 1. The van der Waals surface area contributed by atoms with E-state index in [0.29, 0.717) is 16.5 Å². The standard InChI is InChI=1S/C11H7N3O3S/c12-11(15)7-3-8-10-6(5-13-8)1-2-18(16,17)14-9(10)4-7/h1-5H,(H2,12,15). The van der Waals surface area contributed by atoms with E-state index < -0.39 is 15.9 Å². The Balaban J connectivity index is 2.52. The predicted molar refractivity (Wildman–Crippen MR) is 65.4 cm³/mol. The highest BCUT2D eigenvalue weighted by Crippen LogP contribution is 2.15. The third-order valence-corrected chi connectivity index (χ3v) is 3.59. The zero-order valence-corrected chi connectivity index (χ0v) is 9.81. The molecule has 1 amide bonds. The van der Waals surface area contributed by atoms with Crippen molar-refractivity contribution in [1.82, 2.24) is 0 Å². The van der Waals surface area contributed by atoms with Gasteiger partial charge in [-0.2, -0.15) is 12.8 Å². The van der Waals surface area contributed by atoms with Crippen LogP contribution in [-0.2, 0) is 10.0 Å². The highest BCUT2D eigenvalue weighted by Gasteiger charge is 2.16. The molecule has 90 valence electrons. The molecule has 2 aliphatic heterocycles. The number of nitrogens with zero attached hydrogens (tertiary/aromatic N) is 2. The van der Waals surface area contributed by atoms with Crippen LogP contribution in [0.3, 0.4) is 0 Å². The fourth-order valence-electron chi connectivity index (χ4n) is 1.88. The first kappa shape index (κ1) is 10.8. The van der Waals surface area contributed by atoms with Gasteiger partial charge in [-0.25, -0.2) is 0 Å². The Morgan fingerprint density at radius 1 is 1.28 bits per heavy atom. The quantitative estimate of drug-likeness (QED) is 0.710. The summed E-state index contributed by atoms with van der Waals surface area (Å²) in [6.45, 7) is 0. The van der Waals surface area contributed by atoms with Crippen LogP contribution < -0.4 is 16.3 Å². The van der Waals surface area contributed by atoms with Gasteiger partial charge in [0.05, 0.1) is 16.5 Å². The highest BCUT2D eigenvalue weighted by atomic mass is 32.2. The van der Waals surface area contributed by atoms with Gasteiger partial charge in [-0.15, -0.1) is 0 Å². The zero-order valence-electron chi connectivity index (χ0n) is 8.99. The summed E-state index contributed by atoms with van der Waals surface area (Å²) in [5.41, 5.74) is 6.52. The second-order valence-electron chi connectivity index (χ2n) is 3.88. The van der Waals surface area contributed by atoms with Gasteiger partial charge < -0.3 is 5.73 Å². The summed E-state index contributed by atoms with van der Waals surface area (Å²) in [6.07, 6.45) is 2.97. The van der Waals surface area contributed by atoms with Crippen LogP contribution in [-0.4, -0.2) is 20.5 Å². The van der Waals surface area contributed by atoms with Crippen LogP contribution >= 0.6 is 0 Å². The first-order valence-electron chi connectivity index (χ1n) is 5.02. The summed E-state index contributed by atoms with van der Waals surface area (Å²) in [7, 11) is -3.68. The number of rotatable bonds is 1. The Morgan fingerprint density at radius 2 is 2.06 bits per heavy atom. The van der Waals surface area contributed by atoms with E-state index in [1.807, 2.05) is 0 Å². The number of amides is 1. The molecule has 0 saturated carbocycles. The van der Waals surface area contributed by atoms with E-state index in [1.54, 1.807) is 0 Å². The van der Waals surface area contributed by atoms with E-state index in [1.165, 1.54) is 24.4 Å². The molecule has 18 heavy (non-hydrogen) atoms. The lowest BCUT2D eigenvalue weighted by molar-refractivity contribution is 0.1000. The van der Waals surface area contributed by atoms with Gasteiger partial charge in [0.1, 0.15) is 0 Å². The van der Waals surface area contributed by atoms with Crippen molar-refractivity contribution in [2.24, 2.45) is 15.1 Å². The molecule has 1 aromatic carbocycles. The maximum absolute atomic E-state index is 11.6. The minimum Gasteiger partial charge on any atom is -0.366 e. The number of aliphatic imine (C=N–C) groups is 1. The Hall–Kier alpha value is -2.28. The molecule has 2 heterocycles. The lowest BCUT2D eigenvalue weighted by Gasteiger charge is -1.98. The molecular weight excluding hydrogens is 254 g/mol. The van der Waals surface area contributed by atoms with Gasteiger partial charge >= 0.3 is 0 Å². The summed E-state index contributed by atoms with van der Waals surface area (Å²) in [4.78, 5) is 15.3. The van der Waals surface area contributed by atoms with E-state index >= 15 is 0 Å². The van der Waals surface area contributed by atoms with Crippen molar-refractivity contribution in [2.45, 2.75) is 0 Å². The molecule has 7 heteroatoms. The molecule has 0 atom stereocenters. The van der Waals surface area contributed by atoms with E-state index in [4.69, 9.17) is 5.73 Å². The Kier molecular flexibility index (Phi) is 2.02. The molecule has 0 aromatic heterocycles. The highest BCUT2D eigenvalue weighted by molar-refractivity contribution is 7.92. The van der Waals surface area contributed by atoms with Gasteiger partial charge in [-0.05, 0) is 18.2 Å². The largest absolute Gasteiger partial charge is 0.366 e. The van der Waals surface area contributed by atoms with Crippen molar-refractivity contribution in [3.05, 3.63) is 39.8 Å². The average molecular weight is 261 g/mol. The molecule has 6 nitrogen and oxygen atoms in total. The van der Waals surface area contributed by atoms with Crippen LogP contribution in [0.5, 0.6) is 0 Å². The molecule has 0 spiro atoms. The van der Waals surface area contributed by atoms with Crippen LogP contribution in [0.2, 0.25) is 0 Å². The molecule has 0 bridgehead atoms. The zero-order chi connectivity index (χ0) is 12.9. The Labute approximate surface area is 102 Å². The molecule has 2 aliphatic rings. The first-order chi connectivity index (χ1) is 8.46. The maximum atomic E-state index is 11.6. The van der Waals surface area contributed by atoms with Crippen molar-refractivity contribution in [3.63, 3.8) is 0 Å². The van der Waals surface area contributed by atoms with Gasteiger partial charge in [0, 0.05) is 22.6 Å². The first-order valence-corrected chi connectivity index (χ1v) is 6.52. The maximum Gasteiger partial charge on any atom is 0.276 e. The third kappa shape index (κ3) is 1.56. The van der Waals surface area contributed by atoms with Crippen molar-refractivity contribution >= 4 is 33.4 Å². The topological polar surface area (TPSA) is 102 Å². The van der Waals surface area contributed by atoms with Crippen molar-refractivity contribution < 1.29 is 13.2 Å². The summed E-state index contributed by atoms with van der Waals surface area (Å²) in [5.74, 6) is -0.650. The lowest BCUT2D eigenvalue weighted by atomic mass is 10.1. The second kappa shape index (κ2) is 3.36. The van der Waals surface area contributed by atoms with Crippen LogP contribution in [0, 0.1) is 0 Å². The van der Waals surface area contributed by atoms with Gasteiger partial charge in [0.15, 0.2) is 0 Å². The normalized spacial score (nSPS) is 18.1. The van der Waals surface area contributed by atoms with Crippen LogP contribution in [0.15, 0.2) is 33.0 Å². The second-order valence-corrected chi connectivity index (χ2v) is 5.36. The molecule has 0 unspecified atom stereocenters. The fourth-order valence-corrected chi connectivity index (χ4v) is 2.68. The van der Waals surface area contributed by atoms with E-state index in [0.717, 1.165) is 5.41 Å². The van der Waals surface area contributed by atoms with Crippen LogP contribution in [0.25, 0.3) is 5.57 Å². The molecule has 0 fully saturated rings. The summed E-state index contributed by atoms with van der Waals surface area (Å²) >= 11 is 0. The fraction of sp³-hybridized carbons (Fsp3) is 0. The third-order valence-electron chi connectivity index (χ3n) is 2.66. The van der Waals surface area contributed by atoms with E-state index in [9.17, 15) is 13.2 Å². The number of primary amides is 1. The molecule has 3 rings (SSSR count). The SMILES string of the molecule is NC(=O)c1cc2c3c(c1)=NS(=O)(=O)C=CC=3C=N2. The Bertz CT molecular complexity index is 864.